The second-order valence-electron chi connectivity index (χ2n) is 4.31. The third-order valence-corrected chi connectivity index (χ3v) is 2.92. The molecule has 0 radical (unpaired) electrons. The predicted octanol–water partition coefficient (Wildman–Crippen LogP) is 0.582. The smallest absolute Gasteiger partial charge is 0.279 e. The topological polar surface area (TPSA) is 33.5 Å². The molecular weight excluding hydrogens is 226 g/mol. The molecule has 1 aliphatic heterocycles. The Hall–Kier alpha value is -1.49. The summed E-state index contributed by atoms with van der Waals surface area (Å²) < 4.78 is 26.1. The lowest BCUT2D eigenvalue weighted by molar-refractivity contribution is -0.878. The highest BCUT2D eigenvalue weighted by molar-refractivity contribution is 5.91. The van der Waals surface area contributed by atoms with Crippen molar-refractivity contribution in [3.05, 3.63) is 29.8 Å². The Morgan fingerprint density at radius 2 is 2.00 bits per heavy atom. The molecule has 0 aromatic heterocycles. The number of carbonyl (C=O) groups is 1. The Morgan fingerprint density at radius 1 is 1.29 bits per heavy atom. The Labute approximate surface area is 98.4 Å². The molecule has 3 nitrogen and oxygen atoms in total. The van der Waals surface area contributed by atoms with Gasteiger partial charge in [-0.1, -0.05) is 0 Å². The fourth-order valence-corrected chi connectivity index (χ4v) is 2.07. The molecule has 0 unspecified atom stereocenters. The summed E-state index contributed by atoms with van der Waals surface area (Å²) in [6.45, 7) is 2.26. The number of halogens is 2. The van der Waals surface area contributed by atoms with Gasteiger partial charge >= 0.3 is 0 Å². The van der Waals surface area contributed by atoms with Crippen LogP contribution in [0.1, 0.15) is 12.8 Å². The van der Waals surface area contributed by atoms with Gasteiger partial charge in [0, 0.05) is 18.9 Å². The lowest BCUT2D eigenvalue weighted by Crippen LogP contribution is -3.11. The zero-order valence-electron chi connectivity index (χ0n) is 9.43. The summed E-state index contributed by atoms with van der Waals surface area (Å²) in [6.07, 6.45) is 2.24. The minimum Gasteiger partial charge on any atom is -0.327 e. The molecular formula is C12H15F2N2O+. The average molecular weight is 241 g/mol. The third kappa shape index (κ3) is 3.23. The largest absolute Gasteiger partial charge is 0.327 e. The second-order valence-corrected chi connectivity index (χ2v) is 4.31. The van der Waals surface area contributed by atoms with Crippen LogP contribution in [0.25, 0.3) is 0 Å². The van der Waals surface area contributed by atoms with E-state index in [1.54, 1.807) is 0 Å². The Bertz CT molecular complexity index is 417. The van der Waals surface area contributed by atoms with Crippen LogP contribution in [0.3, 0.4) is 0 Å². The number of hydrogen-bond donors (Lipinski definition) is 2. The van der Waals surface area contributed by atoms with Gasteiger partial charge in [-0.3, -0.25) is 4.79 Å². The molecule has 1 saturated heterocycles. The maximum atomic E-state index is 13.3. The molecule has 1 fully saturated rings. The first-order chi connectivity index (χ1) is 8.15. The van der Waals surface area contributed by atoms with E-state index in [-0.39, 0.29) is 11.6 Å². The van der Waals surface area contributed by atoms with Crippen LogP contribution >= 0.6 is 0 Å². The van der Waals surface area contributed by atoms with Crippen molar-refractivity contribution < 1.29 is 18.5 Å². The molecule has 1 aliphatic rings. The molecule has 17 heavy (non-hydrogen) atoms. The monoisotopic (exact) mass is 241 g/mol. The number of anilines is 1. The van der Waals surface area contributed by atoms with Crippen molar-refractivity contribution in [1.82, 2.24) is 0 Å². The number of likely N-dealkylation sites (tertiary alicyclic amines) is 1. The molecule has 0 bridgehead atoms. The summed E-state index contributed by atoms with van der Waals surface area (Å²) in [4.78, 5) is 12.8. The fourth-order valence-electron chi connectivity index (χ4n) is 2.07. The Morgan fingerprint density at radius 3 is 2.71 bits per heavy atom. The number of amides is 1. The lowest BCUT2D eigenvalue weighted by atomic mass is 10.3. The Kier molecular flexibility index (Phi) is 3.68. The highest BCUT2D eigenvalue weighted by Crippen LogP contribution is 2.14. The molecule has 5 heteroatoms. The molecule has 1 amide bonds. The number of nitrogens with one attached hydrogen (secondary N) is 2. The number of rotatable bonds is 3. The highest BCUT2D eigenvalue weighted by Gasteiger charge is 2.19. The van der Waals surface area contributed by atoms with E-state index in [0.717, 1.165) is 44.1 Å². The van der Waals surface area contributed by atoms with Crippen LogP contribution in [0.15, 0.2) is 18.2 Å². The maximum absolute atomic E-state index is 13.3. The summed E-state index contributed by atoms with van der Waals surface area (Å²) in [5, 5.41) is 2.40. The number of carbonyl (C=O) groups excluding carboxylic acids is 1. The highest BCUT2D eigenvalue weighted by atomic mass is 19.1. The van der Waals surface area contributed by atoms with Crippen molar-refractivity contribution in [2.45, 2.75) is 12.8 Å². The van der Waals surface area contributed by atoms with E-state index in [9.17, 15) is 13.6 Å². The quantitative estimate of drug-likeness (QED) is 0.797. The van der Waals surface area contributed by atoms with E-state index in [4.69, 9.17) is 0 Å². The first-order valence-corrected chi connectivity index (χ1v) is 5.73. The molecule has 1 aromatic rings. The molecule has 1 heterocycles. The first-order valence-electron chi connectivity index (χ1n) is 5.73. The van der Waals surface area contributed by atoms with Crippen LogP contribution in [0.4, 0.5) is 14.5 Å². The van der Waals surface area contributed by atoms with Crippen molar-refractivity contribution in [2.24, 2.45) is 0 Å². The predicted molar refractivity (Wildman–Crippen MR) is 59.8 cm³/mol. The zero-order chi connectivity index (χ0) is 12.3. The molecule has 2 N–H and O–H groups in total. The first kappa shape index (κ1) is 12.0. The van der Waals surface area contributed by atoms with E-state index in [0.29, 0.717) is 6.54 Å². The molecule has 0 saturated carbocycles. The third-order valence-electron chi connectivity index (χ3n) is 2.92. The second kappa shape index (κ2) is 5.23. The summed E-state index contributed by atoms with van der Waals surface area (Å²) >= 11 is 0. The van der Waals surface area contributed by atoms with Crippen LogP contribution in [0.5, 0.6) is 0 Å². The van der Waals surface area contributed by atoms with Crippen LogP contribution in [0, 0.1) is 11.6 Å². The van der Waals surface area contributed by atoms with Crippen molar-refractivity contribution in [1.29, 1.82) is 0 Å². The van der Waals surface area contributed by atoms with Crippen LogP contribution < -0.4 is 10.2 Å². The van der Waals surface area contributed by atoms with Crippen molar-refractivity contribution in [3.63, 3.8) is 0 Å². The molecule has 0 aliphatic carbocycles. The van der Waals surface area contributed by atoms with E-state index < -0.39 is 11.6 Å². The van der Waals surface area contributed by atoms with Gasteiger partial charge in [-0.05, 0) is 12.1 Å². The van der Waals surface area contributed by atoms with Gasteiger partial charge in [0.2, 0.25) is 0 Å². The van der Waals surface area contributed by atoms with E-state index in [2.05, 4.69) is 5.32 Å². The lowest BCUT2D eigenvalue weighted by Gasteiger charge is -2.12. The van der Waals surface area contributed by atoms with Crippen LogP contribution in [-0.4, -0.2) is 25.5 Å². The van der Waals surface area contributed by atoms with Crippen molar-refractivity contribution in [3.8, 4) is 0 Å². The minimum atomic E-state index is -0.615. The van der Waals surface area contributed by atoms with E-state index in [1.807, 2.05) is 0 Å². The summed E-state index contributed by atoms with van der Waals surface area (Å²) in [7, 11) is 0. The van der Waals surface area contributed by atoms with Gasteiger partial charge in [0.25, 0.3) is 5.91 Å². The Balaban J connectivity index is 1.95. The van der Waals surface area contributed by atoms with Gasteiger partial charge < -0.3 is 10.2 Å². The summed E-state index contributed by atoms with van der Waals surface area (Å²) in [6, 6.07) is 3.02. The summed E-state index contributed by atoms with van der Waals surface area (Å²) in [5.41, 5.74) is -0.0893. The SMILES string of the molecule is O=C(C[NH+]1CCCC1)Nc1cc(F)ccc1F. The van der Waals surface area contributed by atoms with Gasteiger partial charge in [-0.25, -0.2) is 8.78 Å². The van der Waals surface area contributed by atoms with E-state index >= 15 is 0 Å². The standard InChI is InChI=1S/C12H14F2N2O/c13-9-3-4-10(14)11(7-9)15-12(17)8-16-5-1-2-6-16/h3-4,7H,1-2,5-6,8H2,(H,15,17)/p+1. The fraction of sp³-hybridized carbons (Fsp3) is 0.417. The zero-order valence-corrected chi connectivity index (χ0v) is 9.43. The number of hydrogen-bond acceptors (Lipinski definition) is 1. The van der Waals surface area contributed by atoms with Gasteiger partial charge in [0.15, 0.2) is 6.54 Å². The number of benzene rings is 1. The van der Waals surface area contributed by atoms with Crippen molar-refractivity contribution in [2.75, 3.05) is 25.0 Å². The van der Waals surface area contributed by atoms with Gasteiger partial charge in [-0.15, -0.1) is 0 Å². The van der Waals surface area contributed by atoms with Gasteiger partial charge in [0.05, 0.1) is 18.8 Å². The minimum absolute atomic E-state index is 0.0893. The molecule has 2 rings (SSSR count). The van der Waals surface area contributed by atoms with Gasteiger partial charge in [0.1, 0.15) is 11.6 Å². The van der Waals surface area contributed by atoms with Crippen LogP contribution in [-0.2, 0) is 4.79 Å². The molecule has 92 valence electrons. The molecule has 1 aromatic carbocycles. The normalized spacial score (nSPS) is 16.1. The van der Waals surface area contributed by atoms with Crippen molar-refractivity contribution >= 4 is 11.6 Å². The average Bonchev–Trinajstić information content (AvgIpc) is 2.76. The molecule has 0 spiro atoms. The molecule has 0 atom stereocenters. The maximum Gasteiger partial charge on any atom is 0.279 e. The van der Waals surface area contributed by atoms with Crippen LogP contribution in [0.2, 0.25) is 0 Å². The number of quaternary nitrogens is 1. The summed E-state index contributed by atoms with van der Waals surface area (Å²) in [5.74, 6) is -1.45. The van der Waals surface area contributed by atoms with E-state index in [1.165, 1.54) is 4.90 Å². The van der Waals surface area contributed by atoms with Gasteiger partial charge in [-0.2, -0.15) is 0 Å².